The highest BCUT2D eigenvalue weighted by molar-refractivity contribution is 5.77. The van der Waals surface area contributed by atoms with E-state index in [4.69, 9.17) is 14.2 Å². The summed E-state index contributed by atoms with van der Waals surface area (Å²) in [7, 11) is 0. The second kappa shape index (κ2) is 34.9. The molecule has 59 heavy (non-hydrogen) atoms. The topological polar surface area (TPSA) is 102 Å². The molecule has 1 aliphatic rings. The first-order chi connectivity index (χ1) is 28.4. The van der Waals surface area contributed by atoms with Crippen LogP contribution in [0.4, 0.5) is 0 Å². The predicted molar refractivity (Wildman–Crippen MR) is 245 cm³/mol. The lowest BCUT2D eigenvalue weighted by Gasteiger charge is -2.27. The van der Waals surface area contributed by atoms with E-state index in [1.165, 1.54) is 109 Å². The van der Waals surface area contributed by atoms with E-state index < -0.39 is 23.0 Å². The average molecular weight is 836 g/mol. The van der Waals surface area contributed by atoms with Gasteiger partial charge in [-0.15, -0.1) is 0 Å². The molecule has 1 aliphatic heterocycles. The monoisotopic (exact) mass is 836 g/mol. The summed E-state index contributed by atoms with van der Waals surface area (Å²) in [5.41, 5.74) is -1.05. The highest BCUT2D eigenvalue weighted by Crippen LogP contribution is 2.29. The van der Waals surface area contributed by atoms with E-state index in [0.717, 1.165) is 89.9 Å². The highest BCUT2D eigenvalue weighted by Gasteiger charge is 2.37. The number of β-amino-alcohol motifs (C(OH)–C–C–N with tert-alkyl or cyclic N) is 1. The van der Waals surface area contributed by atoms with Gasteiger partial charge in [0.15, 0.2) is 0 Å². The SMILES string of the molecule is CCCCCCCCCCCOC(=O)C(C)(C)CCCCN1CC(O)C[C@H]1C(=O)OCCCCCCC(C)(C)C(=O)OC(CCCCCCCC)CCCCCCCC. The largest absolute Gasteiger partial charge is 0.465 e. The van der Waals surface area contributed by atoms with Crippen molar-refractivity contribution in [2.45, 2.75) is 272 Å². The van der Waals surface area contributed by atoms with Crippen molar-refractivity contribution in [1.82, 2.24) is 4.90 Å². The van der Waals surface area contributed by atoms with Crippen LogP contribution in [0.3, 0.4) is 0 Å². The molecule has 0 radical (unpaired) electrons. The van der Waals surface area contributed by atoms with Crippen molar-refractivity contribution in [3.8, 4) is 0 Å². The summed E-state index contributed by atoms with van der Waals surface area (Å²) in [6.07, 6.45) is 34.9. The Bertz CT molecular complexity index is 1030. The second-order valence-corrected chi connectivity index (χ2v) is 19.6. The quantitative estimate of drug-likeness (QED) is 0.0370. The van der Waals surface area contributed by atoms with Crippen LogP contribution in [0.2, 0.25) is 0 Å². The molecule has 2 atom stereocenters. The van der Waals surface area contributed by atoms with Crippen molar-refractivity contribution in [3.05, 3.63) is 0 Å². The van der Waals surface area contributed by atoms with Crippen molar-refractivity contribution >= 4 is 17.9 Å². The third kappa shape index (κ3) is 27.8. The number of aliphatic hydroxyl groups is 1. The number of carbonyl (C=O) groups is 3. The van der Waals surface area contributed by atoms with Gasteiger partial charge in [0.1, 0.15) is 12.1 Å². The summed E-state index contributed by atoms with van der Waals surface area (Å²) in [5, 5.41) is 10.4. The Morgan fingerprint density at radius 1 is 0.542 bits per heavy atom. The molecular weight excluding hydrogens is 739 g/mol. The van der Waals surface area contributed by atoms with E-state index in [9.17, 15) is 19.5 Å². The van der Waals surface area contributed by atoms with Crippen LogP contribution in [0, 0.1) is 10.8 Å². The Kier molecular flexibility index (Phi) is 32.7. The number of esters is 3. The lowest BCUT2D eigenvalue weighted by Crippen LogP contribution is -2.38. The maximum absolute atomic E-state index is 13.4. The van der Waals surface area contributed by atoms with Crippen LogP contribution in [-0.4, -0.2) is 72.5 Å². The Hall–Kier alpha value is -1.67. The summed E-state index contributed by atoms with van der Waals surface area (Å²) in [5.74, 6) is -0.424. The third-order valence-electron chi connectivity index (χ3n) is 12.7. The molecule has 0 spiro atoms. The number of nitrogens with zero attached hydrogens (tertiary/aromatic N) is 1. The van der Waals surface area contributed by atoms with Crippen molar-refractivity contribution < 1.29 is 33.7 Å². The lowest BCUT2D eigenvalue weighted by atomic mass is 9.86. The van der Waals surface area contributed by atoms with E-state index in [1.54, 1.807) is 0 Å². The fourth-order valence-electron chi connectivity index (χ4n) is 8.40. The molecule has 0 bridgehead atoms. The zero-order chi connectivity index (χ0) is 43.6. The average Bonchev–Trinajstić information content (AvgIpc) is 3.59. The van der Waals surface area contributed by atoms with Crippen LogP contribution in [0.1, 0.15) is 254 Å². The van der Waals surface area contributed by atoms with Crippen molar-refractivity contribution in [1.29, 1.82) is 0 Å². The standard InChI is InChI=1S/C51H97NO7/c1-8-11-14-17-20-21-22-26-34-41-58-48(55)50(4,5)38-31-32-39-52-43-44(53)42-46(52)47(54)57-40-33-27-25-30-37-51(6,7)49(56)59-45(35-28-23-18-15-12-9-2)36-29-24-19-16-13-10-3/h44-46,53H,8-43H2,1-7H3/t44?,46-/m0/s1. The van der Waals surface area contributed by atoms with E-state index in [2.05, 4.69) is 25.7 Å². The molecular formula is C51H97NO7. The Labute approximate surface area is 364 Å². The summed E-state index contributed by atoms with van der Waals surface area (Å²) in [6.45, 7) is 16.8. The van der Waals surface area contributed by atoms with Gasteiger partial charge < -0.3 is 19.3 Å². The summed E-state index contributed by atoms with van der Waals surface area (Å²) >= 11 is 0. The number of likely N-dealkylation sites (tertiary alicyclic amines) is 1. The Morgan fingerprint density at radius 3 is 1.46 bits per heavy atom. The van der Waals surface area contributed by atoms with Gasteiger partial charge in [-0.3, -0.25) is 19.3 Å². The van der Waals surface area contributed by atoms with E-state index in [1.807, 2.05) is 27.7 Å². The molecule has 1 heterocycles. The van der Waals surface area contributed by atoms with E-state index >= 15 is 0 Å². The Balaban J connectivity index is 2.32. The number of unbranched alkanes of at least 4 members (excludes halogenated alkanes) is 22. The van der Waals surface area contributed by atoms with Crippen LogP contribution in [0.5, 0.6) is 0 Å². The van der Waals surface area contributed by atoms with Crippen LogP contribution < -0.4 is 0 Å². The molecule has 0 aromatic carbocycles. The van der Waals surface area contributed by atoms with Gasteiger partial charge in [0.05, 0.1) is 30.1 Å². The number of ether oxygens (including phenoxy) is 3. The molecule has 8 heteroatoms. The molecule has 0 amide bonds. The van der Waals surface area contributed by atoms with Gasteiger partial charge in [-0.2, -0.15) is 0 Å². The maximum atomic E-state index is 13.4. The van der Waals surface area contributed by atoms with Gasteiger partial charge >= 0.3 is 17.9 Å². The van der Waals surface area contributed by atoms with Crippen molar-refractivity contribution in [2.24, 2.45) is 10.8 Å². The normalized spacial score (nSPS) is 16.2. The van der Waals surface area contributed by atoms with Gasteiger partial charge in [-0.05, 0) is 92.0 Å². The number of rotatable bonds is 40. The van der Waals surface area contributed by atoms with Crippen LogP contribution in [0.15, 0.2) is 0 Å². The van der Waals surface area contributed by atoms with Crippen LogP contribution >= 0.6 is 0 Å². The first kappa shape index (κ1) is 55.3. The molecule has 348 valence electrons. The Morgan fingerprint density at radius 2 is 0.949 bits per heavy atom. The minimum absolute atomic E-state index is 0.0348. The summed E-state index contributed by atoms with van der Waals surface area (Å²) < 4.78 is 17.6. The molecule has 0 aliphatic carbocycles. The third-order valence-corrected chi connectivity index (χ3v) is 12.7. The number of aliphatic hydroxyl groups excluding tert-OH is 1. The maximum Gasteiger partial charge on any atom is 0.323 e. The first-order valence-electron chi connectivity index (χ1n) is 25.3. The lowest BCUT2D eigenvalue weighted by molar-refractivity contribution is -0.161. The highest BCUT2D eigenvalue weighted by atomic mass is 16.5. The van der Waals surface area contributed by atoms with Gasteiger partial charge in [0, 0.05) is 13.0 Å². The van der Waals surface area contributed by atoms with E-state index in [-0.39, 0.29) is 24.0 Å². The fraction of sp³-hybridized carbons (Fsp3) is 0.941. The van der Waals surface area contributed by atoms with Gasteiger partial charge in [0.25, 0.3) is 0 Å². The minimum atomic E-state index is -0.538. The van der Waals surface area contributed by atoms with Gasteiger partial charge in [-0.1, -0.05) is 162 Å². The zero-order valence-corrected chi connectivity index (χ0v) is 40.0. The predicted octanol–water partition coefficient (Wildman–Crippen LogP) is 13.6. The van der Waals surface area contributed by atoms with Crippen molar-refractivity contribution in [3.63, 3.8) is 0 Å². The van der Waals surface area contributed by atoms with Crippen molar-refractivity contribution in [2.75, 3.05) is 26.3 Å². The van der Waals surface area contributed by atoms with Gasteiger partial charge in [0.2, 0.25) is 0 Å². The fourth-order valence-corrected chi connectivity index (χ4v) is 8.40. The van der Waals surface area contributed by atoms with E-state index in [0.29, 0.717) is 32.7 Å². The smallest absolute Gasteiger partial charge is 0.323 e. The zero-order valence-electron chi connectivity index (χ0n) is 40.0. The molecule has 1 unspecified atom stereocenters. The molecule has 0 aromatic rings. The number of hydrogen-bond donors (Lipinski definition) is 1. The number of carbonyl (C=O) groups excluding carboxylic acids is 3. The number of hydrogen-bond acceptors (Lipinski definition) is 8. The second-order valence-electron chi connectivity index (χ2n) is 19.6. The molecule has 8 nitrogen and oxygen atoms in total. The first-order valence-corrected chi connectivity index (χ1v) is 25.3. The molecule has 0 saturated carbocycles. The van der Waals surface area contributed by atoms with Gasteiger partial charge in [-0.25, -0.2) is 0 Å². The van der Waals surface area contributed by atoms with Crippen LogP contribution in [0.25, 0.3) is 0 Å². The summed E-state index contributed by atoms with van der Waals surface area (Å²) in [6, 6.07) is -0.419. The van der Waals surface area contributed by atoms with Crippen LogP contribution in [-0.2, 0) is 28.6 Å². The minimum Gasteiger partial charge on any atom is -0.465 e. The molecule has 1 saturated heterocycles. The molecule has 1 rings (SSSR count). The molecule has 0 aromatic heterocycles. The molecule has 1 fully saturated rings. The molecule has 1 N–H and O–H groups in total. The summed E-state index contributed by atoms with van der Waals surface area (Å²) in [4.78, 5) is 41.3.